The molecule has 1 heterocycles. The first-order chi connectivity index (χ1) is 9.78. The lowest BCUT2D eigenvalue weighted by Gasteiger charge is -2.38. The summed E-state index contributed by atoms with van der Waals surface area (Å²) in [6, 6.07) is 0. The monoisotopic (exact) mass is 310 g/mol. The molecule has 1 rings (SSSR count). The van der Waals surface area contributed by atoms with Crippen molar-refractivity contribution in [3.8, 4) is 0 Å². The summed E-state index contributed by atoms with van der Waals surface area (Å²) in [5, 5.41) is 3.10. The van der Waals surface area contributed by atoms with Crippen LogP contribution in [0.5, 0.6) is 0 Å². The van der Waals surface area contributed by atoms with Gasteiger partial charge in [0.2, 0.25) is 0 Å². The van der Waals surface area contributed by atoms with E-state index in [4.69, 9.17) is 4.74 Å². The van der Waals surface area contributed by atoms with Crippen molar-refractivity contribution in [2.75, 3.05) is 13.6 Å². The zero-order chi connectivity index (χ0) is 16.1. The third-order valence-electron chi connectivity index (χ3n) is 3.99. The van der Waals surface area contributed by atoms with Crippen molar-refractivity contribution in [3.63, 3.8) is 0 Å². The summed E-state index contributed by atoms with van der Waals surface area (Å²) in [5.41, 5.74) is 0.00194. The SMILES string of the molecule is CCCC=C(CC)P1(=NC(C)(C)C)C(C)=CCCCN1C. The summed E-state index contributed by atoms with van der Waals surface area (Å²) in [6.07, 6.45) is 10.9. The summed E-state index contributed by atoms with van der Waals surface area (Å²) in [6.45, 7) is 14.8. The maximum atomic E-state index is 5.45. The van der Waals surface area contributed by atoms with Crippen LogP contribution in [0.25, 0.3) is 0 Å². The van der Waals surface area contributed by atoms with E-state index in [-0.39, 0.29) is 5.54 Å². The van der Waals surface area contributed by atoms with Crippen molar-refractivity contribution in [2.45, 2.75) is 79.2 Å². The summed E-state index contributed by atoms with van der Waals surface area (Å²) in [4.78, 5) is 0. The molecule has 1 aliphatic heterocycles. The third kappa shape index (κ3) is 4.57. The molecule has 0 radical (unpaired) electrons. The van der Waals surface area contributed by atoms with Gasteiger partial charge in [-0.25, -0.2) is 0 Å². The van der Waals surface area contributed by atoms with Gasteiger partial charge >= 0.3 is 0 Å². The number of hydrogen-bond acceptors (Lipinski definition) is 1. The van der Waals surface area contributed by atoms with Crippen molar-refractivity contribution < 1.29 is 0 Å². The molecule has 122 valence electrons. The Labute approximate surface area is 132 Å². The lowest BCUT2D eigenvalue weighted by atomic mass is 10.1. The van der Waals surface area contributed by atoms with Gasteiger partial charge in [-0.3, -0.25) is 9.42 Å². The van der Waals surface area contributed by atoms with Crippen LogP contribution >= 0.6 is 7.21 Å². The average Bonchev–Trinajstić information content (AvgIpc) is 2.52. The first-order valence-corrected chi connectivity index (χ1v) is 10.2. The Balaban J connectivity index is 3.59. The Morgan fingerprint density at radius 2 is 2.05 bits per heavy atom. The molecule has 0 N–H and O–H groups in total. The van der Waals surface area contributed by atoms with Crippen LogP contribution in [-0.2, 0) is 0 Å². The van der Waals surface area contributed by atoms with Gasteiger partial charge < -0.3 is 0 Å². The maximum absolute atomic E-state index is 5.45. The van der Waals surface area contributed by atoms with Crippen molar-refractivity contribution in [3.05, 3.63) is 22.8 Å². The minimum atomic E-state index is -1.70. The second-order valence-corrected chi connectivity index (χ2v) is 10.4. The largest absolute Gasteiger partial charge is 0.274 e. The van der Waals surface area contributed by atoms with E-state index in [1.54, 1.807) is 5.31 Å². The number of unbranched alkanes of at least 4 members (excludes halogenated alkanes) is 1. The molecule has 0 aromatic heterocycles. The molecule has 0 aliphatic carbocycles. The minimum Gasteiger partial charge on any atom is -0.274 e. The molecule has 1 unspecified atom stereocenters. The average molecular weight is 310 g/mol. The fourth-order valence-electron chi connectivity index (χ4n) is 3.07. The van der Waals surface area contributed by atoms with Crippen molar-refractivity contribution in [1.29, 1.82) is 0 Å². The third-order valence-corrected chi connectivity index (χ3v) is 8.53. The van der Waals surface area contributed by atoms with Gasteiger partial charge in [0, 0.05) is 6.54 Å². The predicted octanol–water partition coefficient (Wildman–Crippen LogP) is 6.62. The predicted molar refractivity (Wildman–Crippen MR) is 98.0 cm³/mol. The highest BCUT2D eigenvalue weighted by Crippen LogP contribution is 2.68. The van der Waals surface area contributed by atoms with Crippen LogP contribution in [0.3, 0.4) is 0 Å². The van der Waals surface area contributed by atoms with Crippen LogP contribution in [0.2, 0.25) is 0 Å². The highest BCUT2D eigenvalue weighted by atomic mass is 31.2. The molecule has 0 saturated heterocycles. The van der Waals surface area contributed by atoms with Crippen LogP contribution in [-0.4, -0.2) is 23.8 Å². The molecule has 0 fully saturated rings. The molecule has 0 amide bonds. The van der Waals surface area contributed by atoms with Gasteiger partial charge in [-0.2, -0.15) is 0 Å². The fourth-order valence-corrected chi connectivity index (χ4v) is 7.45. The topological polar surface area (TPSA) is 15.6 Å². The molecule has 0 aromatic carbocycles. The van der Waals surface area contributed by atoms with Crippen molar-refractivity contribution in [1.82, 2.24) is 4.67 Å². The molecule has 21 heavy (non-hydrogen) atoms. The van der Waals surface area contributed by atoms with E-state index >= 15 is 0 Å². The number of allylic oxidation sites excluding steroid dienone is 4. The summed E-state index contributed by atoms with van der Waals surface area (Å²) in [7, 11) is 0.596. The Kier molecular flexibility index (Phi) is 6.94. The van der Waals surface area contributed by atoms with Crippen LogP contribution in [0, 0.1) is 0 Å². The second-order valence-electron chi connectivity index (χ2n) is 7.08. The zero-order valence-electron chi connectivity index (χ0n) is 15.2. The van der Waals surface area contributed by atoms with Gasteiger partial charge in [-0.05, 0) is 71.1 Å². The van der Waals surface area contributed by atoms with E-state index in [1.807, 2.05) is 0 Å². The fraction of sp³-hybridized carbons (Fsp3) is 0.778. The van der Waals surface area contributed by atoms with Gasteiger partial charge in [-0.1, -0.05) is 32.4 Å². The maximum Gasteiger partial charge on any atom is 0.0804 e. The van der Waals surface area contributed by atoms with E-state index in [0.717, 1.165) is 13.0 Å². The van der Waals surface area contributed by atoms with Gasteiger partial charge in [0.25, 0.3) is 0 Å². The Hall–Kier alpha value is -0.330. The molecular weight excluding hydrogens is 275 g/mol. The first kappa shape index (κ1) is 18.7. The van der Waals surface area contributed by atoms with Gasteiger partial charge in [0.1, 0.15) is 0 Å². The summed E-state index contributed by atoms with van der Waals surface area (Å²) in [5.74, 6) is 0. The highest BCUT2D eigenvalue weighted by molar-refractivity contribution is 7.72. The Bertz CT molecular complexity index is 452. The molecule has 1 aliphatic rings. The molecule has 2 nitrogen and oxygen atoms in total. The quantitative estimate of drug-likeness (QED) is 0.532. The molecule has 0 bridgehead atoms. The van der Waals surface area contributed by atoms with E-state index in [2.05, 4.69) is 65.4 Å². The van der Waals surface area contributed by atoms with Gasteiger partial charge in [0.15, 0.2) is 0 Å². The second kappa shape index (κ2) is 7.79. The number of nitrogens with zero attached hydrogens (tertiary/aromatic N) is 2. The van der Waals surface area contributed by atoms with Gasteiger partial charge in [0.05, 0.1) is 12.7 Å². The lowest BCUT2D eigenvalue weighted by Crippen LogP contribution is -2.20. The highest BCUT2D eigenvalue weighted by Gasteiger charge is 2.33. The molecule has 0 saturated carbocycles. The zero-order valence-corrected chi connectivity index (χ0v) is 16.1. The van der Waals surface area contributed by atoms with E-state index in [9.17, 15) is 0 Å². The lowest BCUT2D eigenvalue weighted by molar-refractivity contribution is 0.518. The smallest absolute Gasteiger partial charge is 0.0804 e. The van der Waals surface area contributed by atoms with Crippen LogP contribution in [0.4, 0.5) is 0 Å². The standard InChI is InChI=1S/C18H35N2P/c1-8-10-14-17(9-2)21(19-18(4,5)6)16(3)13-11-12-15-20(21)7/h13-14H,8-12,15H2,1-7H3. The number of hydrogen-bond donors (Lipinski definition) is 0. The van der Waals surface area contributed by atoms with Gasteiger partial charge in [-0.15, -0.1) is 0 Å². The number of rotatable bonds is 4. The van der Waals surface area contributed by atoms with E-state index in [0.29, 0.717) is 0 Å². The molecule has 0 aromatic rings. The molecule has 3 heteroatoms. The Morgan fingerprint density at radius 3 is 2.57 bits per heavy atom. The van der Waals surface area contributed by atoms with Crippen LogP contribution in [0.1, 0.15) is 73.6 Å². The van der Waals surface area contributed by atoms with E-state index in [1.165, 1.54) is 31.0 Å². The Morgan fingerprint density at radius 1 is 1.38 bits per heavy atom. The first-order valence-electron chi connectivity index (χ1n) is 8.50. The summed E-state index contributed by atoms with van der Waals surface area (Å²) >= 11 is 0. The van der Waals surface area contributed by atoms with Crippen molar-refractivity contribution >= 4 is 7.21 Å². The van der Waals surface area contributed by atoms with E-state index < -0.39 is 7.21 Å². The minimum absolute atomic E-state index is 0.00194. The molecule has 1 atom stereocenters. The normalized spacial score (nSPS) is 25.5. The molecular formula is C18H35N2P. The van der Waals surface area contributed by atoms with Crippen LogP contribution < -0.4 is 0 Å². The summed E-state index contributed by atoms with van der Waals surface area (Å²) < 4.78 is 8.03. The molecule has 0 spiro atoms. The van der Waals surface area contributed by atoms with Crippen molar-refractivity contribution in [2.24, 2.45) is 4.74 Å². The van der Waals surface area contributed by atoms with Crippen LogP contribution in [0.15, 0.2) is 27.5 Å².